The lowest BCUT2D eigenvalue weighted by Crippen LogP contribution is -2.44. The minimum absolute atomic E-state index is 0.203. The van der Waals surface area contributed by atoms with Crippen LogP contribution in [0.25, 0.3) is 5.65 Å². The molecule has 10 nitrogen and oxygen atoms in total. The summed E-state index contributed by atoms with van der Waals surface area (Å²) in [6.45, 7) is 5.60. The Morgan fingerprint density at radius 2 is 1.97 bits per heavy atom. The van der Waals surface area contributed by atoms with E-state index in [0.29, 0.717) is 29.8 Å². The van der Waals surface area contributed by atoms with E-state index < -0.39 is 34.6 Å². The van der Waals surface area contributed by atoms with Crippen LogP contribution in [0.15, 0.2) is 42.9 Å². The summed E-state index contributed by atoms with van der Waals surface area (Å²) in [6, 6.07) is 5.94. The Hall–Kier alpha value is -3.73. The third-order valence-electron chi connectivity index (χ3n) is 6.17. The minimum Gasteiger partial charge on any atom is -0.491 e. The molecule has 2 saturated carbocycles. The molecule has 2 fully saturated rings. The number of amides is 1. The summed E-state index contributed by atoms with van der Waals surface area (Å²) in [5.41, 5.74) is 2.04. The van der Waals surface area contributed by atoms with Crippen LogP contribution in [-0.4, -0.2) is 44.4 Å². The molecule has 36 heavy (non-hydrogen) atoms. The summed E-state index contributed by atoms with van der Waals surface area (Å²) in [5, 5.41) is 6.98. The highest BCUT2D eigenvalue weighted by Crippen LogP contribution is 2.49. The zero-order valence-electron chi connectivity index (χ0n) is 20.3. The first-order valence-electron chi connectivity index (χ1n) is 11.8. The van der Waals surface area contributed by atoms with E-state index in [1.165, 1.54) is 22.8 Å². The second kappa shape index (κ2) is 8.74. The Labute approximate surface area is 207 Å². The molecular formula is C25H28FN5O5. The number of nitrogens with one attached hydrogen (secondary N) is 2. The summed E-state index contributed by atoms with van der Waals surface area (Å²) >= 11 is 0. The van der Waals surface area contributed by atoms with Gasteiger partial charge in [-0.25, -0.2) is 23.5 Å². The molecule has 11 heteroatoms. The number of hydroxylamine groups is 1. The summed E-state index contributed by atoms with van der Waals surface area (Å²) in [5.74, 6) is -0.628. The molecule has 3 aromatic rings. The highest BCUT2D eigenvalue weighted by Gasteiger charge is 2.50. The van der Waals surface area contributed by atoms with E-state index in [4.69, 9.17) is 14.3 Å². The molecule has 0 spiro atoms. The van der Waals surface area contributed by atoms with Crippen molar-refractivity contribution in [2.24, 2.45) is 0 Å². The molecule has 1 amide bonds. The Balaban J connectivity index is 1.26. The van der Waals surface area contributed by atoms with Gasteiger partial charge in [0.25, 0.3) is 0 Å². The second-order valence-electron chi connectivity index (χ2n) is 10.4. The van der Waals surface area contributed by atoms with Gasteiger partial charge in [0, 0.05) is 18.0 Å². The van der Waals surface area contributed by atoms with Crippen molar-refractivity contribution >= 4 is 17.7 Å². The Kier molecular flexibility index (Phi) is 5.82. The number of hydrogen-bond donors (Lipinski definition) is 2. The Bertz CT molecular complexity index is 1310. The molecule has 0 aliphatic heterocycles. The van der Waals surface area contributed by atoms with E-state index in [1.807, 2.05) is 0 Å². The Morgan fingerprint density at radius 1 is 1.19 bits per heavy atom. The predicted octanol–water partition coefficient (Wildman–Crippen LogP) is 3.66. The Morgan fingerprint density at radius 3 is 2.67 bits per heavy atom. The van der Waals surface area contributed by atoms with Crippen molar-refractivity contribution in [3.63, 3.8) is 0 Å². The molecule has 0 bridgehead atoms. The predicted molar refractivity (Wildman–Crippen MR) is 126 cm³/mol. The third kappa shape index (κ3) is 5.11. The van der Waals surface area contributed by atoms with Gasteiger partial charge in [0.15, 0.2) is 5.65 Å². The molecular weight excluding hydrogens is 469 g/mol. The van der Waals surface area contributed by atoms with Gasteiger partial charge in [-0.3, -0.25) is 0 Å². The normalized spacial score (nSPS) is 17.3. The maximum atomic E-state index is 14.2. The molecule has 2 N–H and O–H groups in total. The fraction of sp³-hybridized carbons (Fsp3) is 0.440. The lowest BCUT2D eigenvalue weighted by molar-refractivity contribution is 0.0110. The molecule has 190 valence electrons. The van der Waals surface area contributed by atoms with Crippen LogP contribution in [0.2, 0.25) is 0 Å². The van der Waals surface area contributed by atoms with Crippen LogP contribution in [0.1, 0.15) is 62.4 Å². The summed E-state index contributed by atoms with van der Waals surface area (Å²) in [6.07, 6.45) is 6.85. The number of benzene rings is 1. The van der Waals surface area contributed by atoms with Crippen molar-refractivity contribution < 1.29 is 28.3 Å². The van der Waals surface area contributed by atoms with E-state index in [0.717, 1.165) is 12.8 Å². The van der Waals surface area contributed by atoms with Crippen LogP contribution < -0.4 is 15.5 Å². The van der Waals surface area contributed by atoms with Crippen molar-refractivity contribution in [3.05, 3.63) is 59.8 Å². The van der Waals surface area contributed by atoms with Crippen molar-refractivity contribution in [1.29, 1.82) is 0 Å². The van der Waals surface area contributed by atoms with Crippen LogP contribution in [-0.2, 0) is 15.1 Å². The summed E-state index contributed by atoms with van der Waals surface area (Å²) in [7, 11) is 0. The van der Waals surface area contributed by atoms with Gasteiger partial charge in [0.1, 0.15) is 29.3 Å². The second-order valence-corrected chi connectivity index (χ2v) is 10.4. The fourth-order valence-electron chi connectivity index (χ4n) is 3.92. The summed E-state index contributed by atoms with van der Waals surface area (Å²) < 4.78 is 27.1. The average molecular weight is 498 g/mol. The largest absolute Gasteiger partial charge is 0.491 e. The fourth-order valence-corrected chi connectivity index (χ4v) is 3.92. The van der Waals surface area contributed by atoms with Crippen molar-refractivity contribution in [2.75, 3.05) is 6.61 Å². The third-order valence-corrected chi connectivity index (χ3v) is 6.17. The topological polar surface area (TPSA) is 116 Å². The van der Waals surface area contributed by atoms with Crippen molar-refractivity contribution in [3.8, 4) is 5.75 Å². The van der Waals surface area contributed by atoms with Gasteiger partial charge >= 0.3 is 12.1 Å². The maximum Gasteiger partial charge on any atom is 0.408 e. The SMILES string of the molecule is CC(C)(C)OC(=O)NC1(COc2ccc(F)cc2C2(NOC(=O)c3cnn4cccnc34)CC2)CC1. The highest BCUT2D eigenvalue weighted by molar-refractivity contribution is 5.95. The van der Waals surface area contributed by atoms with Crippen LogP contribution in [0.5, 0.6) is 5.75 Å². The van der Waals surface area contributed by atoms with E-state index >= 15 is 0 Å². The smallest absolute Gasteiger partial charge is 0.408 e. The molecule has 1 aromatic carbocycles. The van der Waals surface area contributed by atoms with E-state index in [9.17, 15) is 14.0 Å². The van der Waals surface area contributed by atoms with E-state index in [2.05, 4.69) is 20.9 Å². The monoisotopic (exact) mass is 497 g/mol. The first kappa shape index (κ1) is 24.0. The zero-order valence-corrected chi connectivity index (χ0v) is 20.3. The molecule has 0 saturated heterocycles. The molecule has 2 heterocycles. The average Bonchev–Trinajstić information content (AvgIpc) is 3.73. The molecule has 2 aliphatic rings. The number of nitrogens with zero attached hydrogens (tertiary/aromatic N) is 3. The van der Waals surface area contributed by atoms with Gasteiger partial charge < -0.3 is 19.6 Å². The standard InChI is InChI=1S/C25H28FN5O5/c1-23(2,3)35-22(33)29-24(7-8-24)15-34-19-6-5-16(26)13-18(19)25(9-10-25)30-36-21(32)17-14-28-31-12-4-11-27-20(17)31/h4-6,11-14,30H,7-10,15H2,1-3H3,(H,29,33). The molecule has 2 aliphatic carbocycles. The quantitative estimate of drug-likeness (QED) is 0.453. The van der Waals surface area contributed by atoms with E-state index in [1.54, 1.807) is 45.3 Å². The number of aromatic nitrogens is 3. The number of carbonyl (C=O) groups is 2. The first-order chi connectivity index (χ1) is 17.1. The lowest BCUT2D eigenvalue weighted by Gasteiger charge is -2.25. The van der Waals surface area contributed by atoms with Crippen molar-refractivity contribution in [1.82, 2.24) is 25.4 Å². The van der Waals surface area contributed by atoms with Gasteiger partial charge in [-0.15, -0.1) is 5.48 Å². The molecule has 2 aromatic heterocycles. The van der Waals surface area contributed by atoms with Gasteiger partial charge in [0.05, 0.1) is 17.3 Å². The first-order valence-corrected chi connectivity index (χ1v) is 11.8. The number of ether oxygens (including phenoxy) is 2. The van der Waals surface area contributed by atoms with Crippen LogP contribution in [0.3, 0.4) is 0 Å². The number of fused-ring (bicyclic) bond motifs is 1. The van der Waals surface area contributed by atoms with Gasteiger partial charge in [0.2, 0.25) is 0 Å². The number of carbonyl (C=O) groups excluding carboxylic acids is 2. The van der Waals surface area contributed by atoms with Crippen LogP contribution >= 0.6 is 0 Å². The highest BCUT2D eigenvalue weighted by atomic mass is 19.1. The van der Waals surface area contributed by atoms with Gasteiger partial charge in [-0.1, -0.05) is 0 Å². The number of hydrogen-bond acceptors (Lipinski definition) is 8. The van der Waals surface area contributed by atoms with Gasteiger partial charge in [-0.05, 0) is 70.7 Å². The van der Waals surface area contributed by atoms with Crippen LogP contribution in [0, 0.1) is 5.82 Å². The number of halogens is 1. The molecule has 5 rings (SSSR count). The van der Waals surface area contributed by atoms with Crippen LogP contribution in [0.4, 0.5) is 9.18 Å². The minimum atomic E-state index is -0.779. The molecule has 0 atom stereocenters. The van der Waals surface area contributed by atoms with E-state index in [-0.39, 0.29) is 12.2 Å². The molecule has 0 unspecified atom stereocenters. The molecule has 0 radical (unpaired) electrons. The summed E-state index contributed by atoms with van der Waals surface area (Å²) in [4.78, 5) is 34.5. The van der Waals surface area contributed by atoms with Gasteiger partial charge in [-0.2, -0.15) is 5.10 Å². The van der Waals surface area contributed by atoms with Crippen molar-refractivity contribution in [2.45, 2.75) is 63.1 Å². The zero-order chi connectivity index (χ0) is 25.6. The maximum absolute atomic E-state index is 14.2. The number of alkyl carbamates (subject to hydrolysis) is 1. The lowest BCUT2D eigenvalue weighted by atomic mass is 10.0. The number of rotatable bonds is 8.